The zero-order valence-corrected chi connectivity index (χ0v) is 7.16. The second kappa shape index (κ2) is 4.65. The minimum absolute atomic E-state index is 0.199. The number of hydrogen-bond donors (Lipinski definition) is 2. The standard InChI is InChI=1S/C5H14N2O2S/c1-6-4-3-5-10(8,9)7-2/h6-7H,3-5H2,1-2H3. The van der Waals surface area contributed by atoms with Crippen molar-refractivity contribution in [1.29, 1.82) is 0 Å². The van der Waals surface area contributed by atoms with Crippen LogP contribution in [-0.4, -0.2) is 34.8 Å². The smallest absolute Gasteiger partial charge is 0.211 e. The highest BCUT2D eigenvalue weighted by Gasteiger charge is 2.03. The Morgan fingerprint density at radius 2 is 1.90 bits per heavy atom. The van der Waals surface area contributed by atoms with Crippen LogP contribution in [0.25, 0.3) is 0 Å². The summed E-state index contributed by atoms with van der Waals surface area (Å²) in [5.41, 5.74) is 0. The molecule has 0 spiro atoms. The van der Waals surface area contributed by atoms with Gasteiger partial charge in [-0.25, -0.2) is 13.1 Å². The quantitative estimate of drug-likeness (QED) is 0.523. The molecule has 0 amide bonds. The van der Waals surface area contributed by atoms with Crippen LogP contribution in [-0.2, 0) is 10.0 Å². The lowest BCUT2D eigenvalue weighted by Crippen LogP contribution is -2.24. The molecule has 0 aromatic rings. The van der Waals surface area contributed by atoms with E-state index in [9.17, 15) is 8.42 Å². The summed E-state index contributed by atoms with van der Waals surface area (Å²) >= 11 is 0. The summed E-state index contributed by atoms with van der Waals surface area (Å²) in [6.07, 6.45) is 0.652. The Labute approximate surface area is 62.1 Å². The van der Waals surface area contributed by atoms with Gasteiger partial charge >= 0.3 is 0 Å². The van der Waals surface area contributed by atoms with Crippen molar-refractivity contribution in [2.75, 3.05) is 26.4 Å². The molecule has 0 bridgehead atoms. The molecule has 5 heteroatoms. The number of nitrogens with one attached hydrogen (secondary N) is 2. The van der Waals surface area contributed by atoms with E-state index in [0.717, 1.165) is 6.54 Å². The molecule has 62 valence electrons. The predicted octanol–water partition coefficient (Wildman–Crippen LogP) is -0.855. The molecule has 0 aromatic carbocycles. The second-order valence-electron chi connectivity index (χ2n) is 1.98. The lowest BCUT2D eigenvalue weighted by Gasteiger charge is -2.00. The highest BCUT2D eigenvalue weighted by Crippen LogP contribution is 1.85. The Bertz CT molecular complexity index is 164. The maximum Gasteiger partial charge on any atom is 0.211 e. The van der Waals surface area contributed by atoms with Crippen molar-refractivity contribution in [2.24, 2.45) is 0 Å². The average molecular weight is 166 g/mol. The number of hydrogen-bond acceptors (Lipinski definition) is 3. The normalized spacial score (nSPS) is 11.8. The van der Waals surface area contributed by atoms with Gasteiger partial charge in [0, 0.05) is 0 Å². The first-order valence-corrected chi connectivity index (χ1v) is 4.83. The molecule has 10 heavy (non-hydrogen) atoms. The minimum atomic E-state index is -2.98. The van der Waals surface area contributed by atoms with E-state index in [1.165, 1.54) is 7.05 Å². The zero-order chi connectivity index (χ0) is 8.04. The Balaban J connectivity index is 3.49. The Morgan fingerprint density at radius 3 is 2.30 bits per heavy atom. The van der Waals surface area contributed by atoms with E-state index in [-0.39, 0.29) is 5.75 Å². The second-order valence-corrected chi connectivity index (χ2v) is 4.03. The Morgan fingerprint density at radius 1 is 1.30 bits per heavy atom. The summed E-state index contributed by atoms with van der Waals surface area (Å²) in [5, 5.41) is 2.87. The van der Waals surface area contributed by atoms with Crippen molar-refractivity contribution >= 4 is 10.0 Å². The van der Waals surface area contributed by atoms with Crippen LogP contribution in [0.2, 0.25) is 0 Å². The lowest BCUT2D eigenvalue weighted by molar-refractivity contribution is 0.584. The highest BCUT2D eigenvalue weighted by atomic mass is 32.2. The number of sulfonamides is 1. The lowest BCUT2D eigenvalue weighted by atomic mass is 10.5. The van der Waals surface area contributed by atoms with Gasteiger partial charge in [0.25, 0.3) is 0 Å². The zero-order valence-electron chi connectivity index (χ0n) is 6.35. The first-order chi connectivity index (χ1) is 4.62. The molecule has 0 unspecified atom stereocenters. The van der Waals surface area contributed by atoms with E-state index in [1.54, 1.807) is 7.05 Å². The van der Waals surface area contributed by atoms with E-state index in [0.29, 0.717) is 6.42 Å². The molecule has 0 aliphatic carbocycles. The molecular formula is C5H14N2O2S. The fraction of sp³-hybridized carbons (Fsp3) is 1.00. The molecule has 0 aromatic heterocycles. The molecule has 0 atom stereocenters. The van der Waals surface area contributed by atoms with Gasteiger partial charge in [0.05, 0.1) is 5.75 Å². The van der Waals surface area contributed by atoms with Gasteiger partial charge in [-0.05, 0) is 27.1 Å². The summed E-state index contributed by atoms with van der Waals surface area (Å²) in [5.74, 6) is 0.199. The van der Waals surface area contributed by atoms with Crippen molar-refractivity contribution in [1.82, 2.24) is 10.0 Å². The molecule has 4 nitrogen and oxygen atoms in total. The van der Waals surface area contributed by atoms with E-state index in [2.05, 4.69) is 10.0 Å². The third-order valence-corrected chi connectivity index (χ3v) is 2.60. The fourth-order valence-corrected chi connectivity index (χ4v) is 1.27. The molecule has 0 radical (unpaired) electrons. The van der Waals surface area contributed by atoms with Crippen LogP contribution >= 0.6 is 0 Å². The molecule has 0 aliphatic rings. The van der Waals surface area contributed by atoms with Crippen LogP contribution in [0.4, 0.5) is 0 Å². The summed E-state index contributed by atoms with van der Waals surface area (Å²) in [7, 11) is 0.241. The monoisotopic (exact) mass is 166 g/mol. The van der Waals surface area contributed by atoms with Crippen LogP contribution in [0, 0.1) is 0 Å². The van der Waals surface area contributed by atoms with Crippen LogP contribution < -0.4 is 10.0 Å². The molecular weight excluding hydrogens is 152 g/mol. The van der Waals surface area contributed by atoms with E-state index < -0.39 is 10.0 Å². The van der Waals surface area contributed by atoms with Crippen LogP contribution in [0.3, 0.4) is 0 Å². The largest absolute Gasteiger partial charge is 0.320 e. The molecule has 0 fully saturated rings. The van der Waals surface area contributed by atoms with Crippen molar-refractivity contribution in [3.05, 3.63) is 0 Å². The molecule has 0 saturated heterocycles. The highest BCUT2D eigenvalue weighted by molar-refractivity contribution is 7.89. The van der Waals surface area contributed by atoms with Gasteiger partial charge in [-0.3, -0.25) is 0 Å². The predicted molar refractivity (Wildman–Crippen MR) is 41.4 cm³/mol. The van der Waals surface area contributed by atoms with Crippen LogP contribution in [0.5, 0.6) is 0 Å². The topological polar surface area (TPSA) is 58.2 Å². The summed E-state index contributed by atoms with van der Waals surface area (Å²) in [6, 6.07) is 0. The van der Waals surface area contributed by atoms with E-state index >= 15 is 0 Å². The van der Waals surface area contributed by atoms with Gasteiger partial charge < -0.3 is 5.32 Å². The maximum absolute atomic E-state index is 10.7. The molecule has 0 saturated carbocycles. The summed E-state index contributed by atoms with van der Waals surface area (Å²) in [6.45, 7) is 0.737. The molecule has 0 aliphatic heterocycles. The Kier molecular flexibility index (Phi) is 4.59. The van der Waals surface area contributed by atoms with Crippen molar-refractivity contribution < 1.29 is 8.42 Å². The van der Waals surface area contributed by atoms with Gasteiger partial charge in [0.1, 0.15) is 0 Å². The minimum Gasteiger partial charge on any atom is -0.320 e. The first kappa shape index (κ1) is 9.87. The van der Waals surface area contributed by atoms with Gasteiger partial charge in [0.15, 0.2) is 0 Å². The summed E-state index contributed by atoms with van der Waals surface area (Å²) in [4.78, 5) is 0. The third kappa shape index (κ3) is 4.72. The maximum atomic E-state index is 10.7. The molecule has 0 rings (SSSR count). The van der Waals surface area contributed by atoms with Crippen molar-refractivity contribution in [3.63, 3.8) is 0 Å². The molecule has 0 heterocycles. The van der Waals surface area contributed by atoms with Gasteiger partial charge in [0.2, 0.25) is 10.0 Å². The van der Waals surface area contributed by atoms with E-state index in [1.807, 2.05) is 0 Å². The van der Waals surface area contributed by atoms with Gasteiger partial charge in [-0.1, -0.05) is 0 Å². The van der Waals surface area contributed by atoms with Crippen molar-refractivity contribution in [3.8, 4) is 0 Å². The first-order valence-electron chi connectivity index (χ1n) is 3.18. The average Bonchev–Trinajstić information content (AvgIpc) is 1.89. The SMILES string of the molecule is CNCCCS(=O)(=O)NC. The molecule has 2 N–H and O–H groups in total. The fourth-order valence-electron chi connectivity index (χ4n) is 0.541. The van der Waals surface area contributed by atoms with Crippen LogP contribution in [0.15, 0.2) is 0 Å². The van der Waals surface area contributed by atoms with E-state index in [4.69, 9.17) is 0 Å². The summed E-state index contributed by atoms with van der Waals surface area (Å²) < 4.78 is 23.7. The van der Waals surface area contributed by atoms with Crippen LogP contribution in [0.1, 0.15) is 6.42 Å². The van der Waals surface area contributed by atoms with Gasteiger partial charge in [-0.2, -0.15) is 0 Å². The third-order valence-electron chi connectivity index (χ3n) is 1.15. The van der Waals surface area contributed by atoms with Gasteiger partial charge in [-0.15, -0.1) is 0 Å². The number of rotatable bonds is 5. The Hall–Kier alpha value is -0.130. The van der Waals surface area contributed by atoms with Crippen molar-refractivity contribution in [2.45, 2.75) is 6.42 Å².